The third-order valence-corrected chi connectivity index (χ3v) is 2.14. The highest BCUT2D eigenvalue weighted by atomic mass is 14.7. The first-order valence-electron chi connectivity index (χ1n) is 4.86. The summed E-state index contributed by atoms with van der Waals surface area (Å²) in [5, 5.41) is 0. The van der Waals surface area contributed by atoms with Crippen molar-refractivity contribution in [2.45, 2.75) is 6.92 Å². The molecule has 0 aliphatic carbocycles. The summed E-state index contributed by atoms with van der Waals surface area (Å²) in [5.41, 5.74) is 3.16. The lowest BCUT2D eigenvalue weighted by molar-refractivity contribution is 1.25. The van der Waals surface area contributed by atoms with Gasteiger partial charge >= 0.3 is 0 Å². The van der Waals surface area contributed by atoms with Gasteiger partial charge in [-0.1, -0.05) is 30.3 Å². The van der Waals surface area contributed by atoms with E-state index in [9.17, 15) is 0 Å². The highest BCUT2D eigenvalue weighted by Crippen LogP contribution is 2.15. The molecule has 0 N–H and O–H groups in total. The van der Waals surface area contributed by atoms with Crippen LogP contribution in [0.15, 0.2) is 53.8 Å². The van der Waals surface area contributed by atoms with Gasteiger partial charge in [-0.2, -0.15) is 0 Å². The molecule has 0 saturated carbocycles. The van der Waals surface area contributed by atoms with Crippen LogP contribution in [0.1, 0.15) is 11.1 Å². The quantitative estimate of drug-likeness (QED) is 0.677. The maximum Gasteiger partial charge on any atom is 0.0689 e. The summed E-state index contributed by atoms with van der Waals surface area (Å²) in [6.07, 6.45) is 5.44. The minimum absolute atomic E-state index is 0.967. The van der Waals surface area contributed by atoms with Crippen molar-refractivity contribution in [3.8, 4) is 0 Å². The zero-order valence-electron chi connectivity index (χ0n) is 8.59. The van der Waals surface area contributed by atoms with Crippen LogP contribution in [0.3, 0.4) is 0 Å². The summed E-state index contributed by atoms with van der Waals surface area (Å²) in [6, 6.07) is 12.0. The van der Waals surface area contributed by atoms with Crippen molar-refractivity contribution in [2.24, 2.45) is 4.99 Å². The molecule has 2 nitrogen and oxygen atoms in total. The first kappa shape index (κ1) is 9.59. The molecule has 0 aliphatic rings. The number of aryl methyl sites for hydroxylation is 1. The smallest absolute Gasteiger partial charge is 0.0689 e. The van der Waals surface area contributed by atoms with E-state index in [-0.39, 0.29) is 0 Å². The van der Waals surface area contributed by atoms with E-state index in [1.54, 1.807) is 6.20 Å². The normalized spacial score (nSPS) is 10.7. The predicted molar refractivity (Wildman–Crippen MR) is 62.7 cm³/mol. The van der Waals surface area contributed by atoms with E-state index in [4.69, 9.17) is 0 Å². The second kappa shape index (κ2) is 4.51. The average molecular weight is 196 g/mol. The van der Waals surface area contributed by atoms with Crippen molar-refractivity contribution < 1.29 is 0 Å². The molecule has 0 spiro atoms. The van der Waals surface area contributed by atoms with Crippen LogP contribution in [0.2, 0.25) is 0 Å². The number of aromatic nitrogens is 1. The fourth-order valence-electron chi connectivity index (χ4n) is 1.29. The van der Waals surface area contributed by atoms with E-state index in [1.165, 1.54) is 0 Å². The van der Waals surface area contributed by atoms with Crippen molar-refractivity contribution in [1.29, 1.82) is 0 Å². The number of benzene rings is 1. The zero-order chi connectivity index (χ0) is 10.5. The van der Waals surface area contributed by atoms with Gasteiger partial charge in [0.15, 0.2) is 0 Å². The summed E-state index contributed by atoms with van der Waals surface area (Å²) < 4.78 is 0. The van der Waals surface area contributed by atoms with Gasteiger partial charge < -0.3 is 0 Å². The Labute approximate surface area is 89.3 Å². The topological polar surface area (TPSA) is 25.2 Å². The van der Waals surface area contributed by atoms with Gasteiger partial charge in [0.25, 0.3) is 0 Å². The molecule has 15 heavy (non-hydrogen) atoms. The number of aliphatic imine (C=N–C) groups is 1. The SMILES string of the molecule is Cc1cnccc1N=Cc1ccccc1. The van der Waals surface area contributed by atoms with Crippen LogP contribution in [0.5, 0.6) is 0 Å². The molecule has 0 radical (unpaired) electrons. The van der Waals surface area contributed by atoms with Gasteiger partial charge in [-0.05, 0) is 24.1 Å². The van der Waals surface area contributed by atoms with Crippen molar-refractivity contribution >= 4 is 11.9 Å². The van der Waals surface area contributed by atoms with Gasteiger partial charge in [0.2, 0.25) is 0 Å². The van der Waals surface area contributed by atoms with Gasteiger partial charge in [0, 0.05) is 18.6 Å². The van der Waals surface area contributed by atoms with Crippen LogP contribution in [-0.4, -0.2) is 11.2 Å². The number of rotatable bonds is 2. The molecule has 0 aliphatic heterocycles. The Morgan fingerprint density at radius 3 is 2.67 bits per heavy atom. The number of pyridine rings is 1. The summed E-state index contributed by atoms with van der Waals surface area (Å²) in [7, 11) is 0. The molecule has 0 atom stereocenters. The molecule has 74 valence electrons. The van der Waals surface area contributed by atoms with Crippen LogP contribution >= 0.6 is 0 Å². The van der Waals surface area contributed by atoms with Crippen LogP contribution < -0.4 is 0 Å². The lowest BCUT2D eigenvalue weighted by atomic mass is 10.2. The Morgan fingerprint density at radius 1 is 1.13 bits per heavy atom. The fourth-order valence-corrected chi connectivity index (χ4v) is 1.29. The monoisotopic (exact) mass is 196 g/mol. The summed E-state index contributed by atoms with van der Waals surface area (Å²) in [6.45, 7) is 2.00. The highest BCUT2D eigenvalue weighted by Gasteiger charge is 1.92. The van der Waals surface area contributed by atoms with E-state index >= 15 is 0 Å². The van der Waals surface area contributed by atoms with E-state index in [1.807, 2.05) is 55.7 Å². The van der Waals surface area contributed by atoms with Crippen molar-refractivity contribution in [3.05, 3.63) is 59.9 Å². The lowest BCUT2D eigenvalue weighted by Crippen LogP contribution is -1.80. The lowest BCUT2D eigenvalue weighted by Gasteiger charge is -1.97. The number of nitrogens with zero attached hydrogens (tertiary/aromatic N) is 2. The number of hydrogen-bond acceptors (Lipinski definition) is 2. The Bertz CT molecular complexity index is 461. The third kappa shape index (κ3) is 2.50. The molecule has 2 heteroatoms. The van der Waals surface area contributed by atoms with Crippen molar-refractivity contribution in [3.63, 3.8) is 0 Å². The average Bonchev–Trinajstić information content (AvgIpc) is 2.29. The van der Waals surface area contributed by atoms with E-state index in [2.05, 4.69) is 9.98 Å². The van der Waals surface area contributed by atoms with Gasteiger partial charge in [-0.25, -0.2) is 0 Å². The summed E-state index contributed by atoms with van der Waals surface area (Å²) in [4.78, 5) is 8.44. The maximum absolute atomic E-state index is 4.41. The van der Waals surface area contributed by atoms with Gasteiger partial charge in [-0.3, -0.25) is 9.98 Å². The summed E-state index contributed by atoms with van der Waals surface area (Å²) >= 11 is 0. The molecule has 2 rings (SSSR count). The maximum atomic E-state index is 4.41. The highest BCUT2D eigenvalue weighted by molar-refractivity contribution is 5.82. The molecule has 0 unspecified atom stereocenters. The first-order valence-corrected chi connectivity index (χ1v) is 4.86. The second-order valence-electron chi connectivity index (χ2n) is 3.33. The Kier molecular flexibility index (Phi) is 2.88. The minimum atomic E-state index is 0.967. The molecule has 0 amide bonds. The fraction of sp³-hybridized carbons (Fsp3) is 0.0769. The van der Waals surface area contributed by atoms with Crippen LogP contribution in [-0.2, 0) is 0 Å². The molecule has 1 heterocycles. The van der Waals surface area contributed by atoms with Crippen LogP contribution in [0.25, 0.3) is 0 Å². The van der Waals surface area contributed by atoms with E-state index in [0.29, 0.717) is 0 Å². The zero-order valence-corrected chi connectivity index (χ0v) is 8.59. The third-order valence-electron chi connectivity index (χ3n) is 2.14. The Hall–Kier alpha value is -1.96. The van der Waals surface area contributed by atoms with Crippen molar-refractivity contribution in [2.75, 3.05) is 0 Å². The summed E-state index contributed by atoms with van der Waals surface area (Å²) in [5.74, 6) is 0. The van der Waals surface area contributed by atoms with Gasteiger partial charge in [-0.15, -0.1) is 0 Å². The van der Waals surface area contributed by atoms with E-state index < -0.39 is 0 Å². The van der Waals surface area contributed by atoms with E-state index in [0.717, 1.165) is 16.8 Å². The molecule has 1 aromatic carbocycles. The number of hydrogen-bond donors (Lipinski definition) is 0. The minimum Gasteiger partial charge on any atom is -0.264 e. The predicted octanol–water partition coefficient (Wildman–Crippen LogP) is 3.14. The molecule has 0 saturated heterocycles. The first-order chi connectivity index (χ1) is 7.36. The second-order valence-corrected chi connectivity index (χ2v) is 3.33. The molecular weight excluding hydrogens is 184 g/mol. The van der Waals surface area contributed by atoms with Crippen LogP contribution in [0, 0.1) is 6.92 Å². The molecular formula is C13H12N2. The largest absolute Gasteiger partial charge is 0.264 e. The van der Waals surface area contributed by atoms with Crippen LogP contribution in [0.4, 0.5) is 5.69 Å². The molecule has 1 aromatic heterocycles. The standard InChI is InChI=1S/C13H12N2/c1-11-9-14-8-7-13(11)15-10-12-5-3-2-4-6-12/h2-10H,1H3. The molecule has 0 bridgehead atoms. The van der Waals surface area contributed by atoms with Gasteiger partial charge in [0.1, 0.15) is 0 Å². The molecule has 0 fully saturated rings. The molecule has 2 aromatic rings. The Balaban J connectivity index is 2.23. The van der Waals surface area contributed by atoms with Crippen molar-refractivity contribution in [1.82, 2.24) is 4.98 Å². The Morgan fingerprint density at radius 2 is 1.93 bits per heavy atom. The van der Waals surface area contributed by atoms with Gasteiger partial charge in [0.05, 0.1) is 5.69 Å².